The minimum Gasteiger partial charge on any atom is -0.373 e. The van der Waals surface area contributed by atoms with Crippen LogP contribution in [0.1, 0.15) is 38.5 Å². The number of ketones is 1. The van der Waals surface area contributed by atoms with E-state index in [1.807, 2.05) is 0 Å². The fourth-order valence-corrected chi connectivity index (χ4v) is 3.15. The van der Waals surface area contributed by atoms with E-state index in [0.29, 0.717) is 12.2 Å². The highest BCUT2D eigenvalue weighted by Crippen LogP contribution is 2.42. The predicted molar refractivity (Wildman–Crippen MR) is 53.5 cm³/mol. The first-order chi connectivity index (χ1) is 7.24. The number of Topliss-reactive ketones (excluding diaryl/α,β-unsaturated/α-hetero) is 1. The maximum Gasteiger partial charge on any atom is 0.327 e. The molecule has 2 aliphatic rings. The van der Waals surface area contributed by atoms with E-state index >= 15 is 0 Å². The highest BCUT2D eigenvalue weighted by molar-refractivity contribution is 5.83. The first-order valence-corrected chi connectivity index (χ1v) is 5.67. The zero-order valence-electron chi connectivity index (χ0n) is 8.78. The van der Waals surface area contributed by atoms with Crippen LogP contribution in [0.2, 0.25) is 0 Å². The third kappa shape index (κ3) is 1.91. The number of hydrogen-bond donors (Lipinski definition) is 1. The van der Waals surface area contributed by atoms with Gasteiger partial charge in [-0.3, -0.25) is 9.59 Å². The molecule has 2 N–H and O–H groups in total. The molecule has 0 bridgehead atoms. The van der Waals surface area contributed by atoms with Crippen molar-refractivity contribution < 1.29 is 14.4 Å². The number of fused-ring (bicyclic) bond motifs is 1. The SMILES string of the molecule is NOC(=O)[C@H]1CCCC2C(=O)CCC[C@@H]21. The second-order valence-corrected chi connectivity index (χ2v) is 4.60. The zero-order valence-corrected chi connectivity index (χ0v) is 8.78. The largest absolute Gasteiger partial charge is 0.373 e. The lowest BCUT2D eigenvalue weighted by molar-refractivity contribution is -0.155. The first kappa shape index (κ1) is 10.6. The topological polar surface area (TPSA) is 69.4 Å². The summed E-state index contributed by atoms with van der Waals surface area (Å²) in [5.41, 5.74) is 0. The molecular weight excluding hydrogens is 194 g/mol. The van der Waals surface area contributed by atoms with E-state index in [1.54, 1.807) is 0 Å². The molecule has 4 nitrogen and oxygen atoms in total. The molecule has 2 fully saturated rings. The van der Waals surface area contributed by atoms with E-state index in [4.69, 9.17) is 5.90 Å². The van der Waals surface area contributed by atoms with E-state index in [9.17, 15) is 9.59 Å². The lowest BCUT2D eigenvalue weighted by atomic mass is 9.65. The van der Waals surface area contributed by atoms with Crippen LogP contribution in [0.5, 0.6) is 0 Å². The van der Waals surface area contributed by atoms with Gasteiger partial charge in [0.05, 0.1) is 5.92 Å². The van der Waals surface area contributed by atoms with Gasteiger partial charge in [0, 0.05) is 12.3 Å². The van der Waals surface area contributed by atoms with Crippen LogP contribution >= 0.6 is 0 Å². The zero-order chi connectivity index (χ0) is 10.8. The van der Waals surface area contributed by atoms with Crippen molar-refractivity contribution in [2.45, 2.75) is 38.5 Å². The van der Waals surface area contributed by atoms with Gasteiger partial charge in [-0.15, -0.1) is 0 Å². The summed E-state index contributed by atoms with van der Waals surface area (Å²) in [5.74, 6) is 5.07. The summed E-state index contributed by atoms with van der Waals surface area (Å²) in [6, 6.07) is 0. The first-order valence-electron chi connectivity index (χ1n) is 5.67. The Kier molecular flexibility index (Phi) is 3.05. The molecule has 0 heterocycles. The number of hydrogen-bond acceptors (Lipinski definition) is 4. The smallest absolute Gasteiger partial charge is 0.327 e. The molecule has 3 atom stereocenters. The Balaban J connectivity index is 2.13. The van der Waals surface area contributed by atoms with Crippen LogP contribution in [0.15, 0.2) is 0 Å². The summed E-state index contributed by atoms with van der Waals surface area (Å²) in [5, 5.41) is 0. The van der Waals surface area contributed by atoms with E-state index < -0.39 is 0 Å². The van der Waals surface area contributed by atoms with Crippen LogP contribution in [0, 0.1) is 17.8 Å². The van der Waals surface area contributed by atoms with Gasteiger partial charge in [-0.1, -0.05) is 6.42 Å². The molecule has 0 aromatic heterocycles. The van der Waals surface area contributed by atoms with Crippen LogP contribution in [0.3, 0.4) is 0 Å². The molecule has 0 saturated heterocycles. The van der Waals surface area contributed by atoms with Crippen molar-refractivity contribution in [3.63, 3.8) is 0 Å². The Bertz CT molecular complexity index is 277. The van der Waals surface area contributed by atoms with Crippen molar-refractivity contribution >= 4 is 11.8 Å². The highest BCUT2D eigenvalue weighted by Gasteiger charge is 2.42. The van der Waals surface area contributed by atoms with Gasteiger partial charge in [0.15, 0.2) is 0 Å². The van der Waals surface area contributed by atoms with Crippen molar-refractivity contribution in [3.8, 4) is 0 Å². The average Bonchev–Trinajstić information content (AvgIpc) is 2.28. The summed E-state index contributed by atoms with van der Waals surface area (Å²) >= 11 is 0. The Morgan fingerprint density at radius 1 is 1.27 bits per heavy atom. The molecule has 84 valence electrons. The molecule has 0 radical (unpaired) electrons. The van der Waals surface area contributed by atoms with Crippen LogP contribution < -0.4 is 5.90 Å². The Morgan fingerprint density at radius 2 is 2.07 bits per heavy atom. The molecule has 0 aromatic rings. The molecule has 0 spiro atoms. The van der Waals surface area contributed by atoms with E-state index in [-0.39, 0.29) is 23.7 Å². The minimum absolute atomic E-state index is 0.0941. The quantitative estimate of drug-likeness (QED) is 0.661. The Labute approximate surface area is 89.1 Å². The fraction of sp³-hybridized carbons (Fsp3) is 0.818. The van der Waals surface area contributed by atoms with Crippen LogP contribution in [-0.4, -0.2) is 11.8 Å². The van der Waals surface area contributed by atoms with Gasteiger partial charge in [0.1, 0.15) is 5.78 Å². The maximum atomic E-state index is 11.7. The monoisotopic (exact) mass is 211 g/mol. The molecule has 1 unspecified atom stereocenters. The van der Waals surface area contributed by atoms with Crippen LogP contribution in [0.25, 0.3) is 0 Å². The van der Waals surface area contributed by atoms with E-state index in [2.05, 4.69) is 4.84 Å². The van der Waals surface area contributed by atoms with Crippen molar-refractivity contribution in [2.75, 3.05) is 0 Å². The summed E-state index contributed by atoms with van der Waals surface area (Å²) in [6.45, 7) is 0. The predicted octanol–water partition coefficient (Wildman–Crippen LogP) is 1.19. The van der Waals surface area contributed by atoms with Gasteiger partial charge in [-0.2, -0.15) is 5.90 Å². The standard InChI is InChI=1S/C11H17NO3/c12-15-11(14)9-5-1-4-8-7(9)3-2-6-10(8)13/h7-9H,1-6,12H2/t7-,8?,9-/m0/s1. The van der Waals surface area contributed by atoms with E-state index in [0.717, 1.165) is 32.1 Å². The average molecular weight is 211 g/mol. The van der Waals surface area contributed by atoms with Crippen LogP contribution in [0.4, 0.5) is 0 Å². The number of carbonyl (C=O) groups is 2. The van der Waals surface area contributed by atoms with Crippen LogP contribution in [-0.2, 0) is 14.4 Å². The van der Waals surface area contributed by atoms with Gasteiger partial charge in [0.2, 0.25) is 0 Å². The highest BCUT2D eigenvalue weighted by atomic mass is 16.7. The molecule has 15 heavy (non-hydrogen) atoms. The van der Waals surface area contributed by atoms with Gasteiger partial charge >= 0.3 is 5.97 Å². The van der Waals surface area contributed by atoms with Crippen molar-refractivity contribution in [2.24, 2.45) is 23.7 Å². The molecular formula is C11H17NO3. The molecule has 2 rings (SSSR count). The lowest BCUT2D eigenvalue weighted by Gasteiger charge is -2.38. The van der Waals surface area contributed by atoms with Crippen molar-refractivity contribution in [1.82, 2.24) is 0 Å². The third-order valence-corrected chi connectivity index (χ3v) is 3.86. The summed E-state index contributed by atoms with van der Waals surface area (Å²) in [4.78, 5) is 27.5. The molecule has 0 aromatic carbocycles. The van der Waals surface area contributed by atoms with Crippen molar-refractivity contribution in [3.05, 3.63) is 0 Å². The van der Waals surface area contributed by atoms with Gasteiger partial charge < -0.3 is 4.84 Å². The molecule has 2 aliphatic carbocycles. The van der Waals surface area contributed by atoms with Gasteiger partial charge in [-0.25, -0.2) is 0 Å². The van der Waals surface area contributed by atoms with Gasteiger partial charge in [0.25, 0.3) is 0 Å². The summed E-state index contributed by atoms with van der Waals surface area (Å²) in [7, 11) is 0. The fourth-order valence-electron chi connectivity index (χ4n) is 3.15. The molecule has 0 aliphatic heterocycles. The second-order valence-electron chi connectivity index (χ2n) is 4.60. The Morgan fingerprint density at radius 3 is 2.80 bits per heavy atom. The van der Waals surface area contributed by atoms with E-state index in [1.165, 1.54) is 0 Å². The van der Waals surface area contributed by atoms with Crippen molar-refractivity contribution in [1.29, 1.82) is 0 Å². The normalized spacial score (nSPS) is 35.8. The lowest BCUT2D eigenvalue weighted by Crippen LogP contribution is -2.41. The van der Waals surface area contributed by atoms with Gasteiger partial charge in [-0.05, 0) is 31.6 Å². The third-order valence-electron chi connectivity index (χ3n) is 3.86. The summed E-state index contributed by atoms with van der Waals surface area (Å²) in [6.07, 6.45) is 5.27. The number of rotatable bonds is 1. The number of nitrogens with two attached hydrogens (primary N) is 1. The number of carbonyl (C=O) groups excluding carboxylic acids is 2. The minimum atomic E-state index is -0.334. The molecule has 2 saturated carbocycles. The summed E-state index contributed by atoms with van der Waals surface area (Å²) < 4.78 is 0. The molecule has 4 heteroatoms. The maximum absolute atomic E-state index is 11.7. The second kappa shape index (κ2) is 4.31. The Hall–Kier alpha value is -0.900. The molecule has 0 amide bonds.